The van der Waals surface area contributed by atoms with Crippen molar-refractivity contribution in [3.8, 4) is 0 Å². The molecule has 1 aromatic heterocycles. The number of anilines is 1. The lowest BCUT2D eigenvalue weighted by Gasteiger charge is -2.05. The first-order chi connectivity index (χ1) is 9.38. The van der Waals surface area contributed by atoms with Crippen molar-refractivity contribution >= 4 is 39.5 Å². The molecule has 0 radical (unpaired) electrons. The van der Waals surface area contributed by atoms with Gasteiger partial charge in [0.15, 0.2) is 5.00 Å². The van der Waals surface area contributed by atoms with E-state index >= 15 is 0 Å². The standard InChI is InChI=1S/C13H11ClN2O3S/c1-7-3-4-10(14)9(5-7)12(17)15-13-11(16(18)19)6-8(2)20-13/h3-6H,1-2H3,(H,15,17). The molecule has 2 aromatic rings. The van der Waals surface area contributed by atoms with Gasteiger partial charge in [-0.05, 0) is 26.0 Å². The minimum Gasteiger partial charge on any atom is -0.308 e. The number of nitrogens with zero attached hydrogens (tertiary/aromatic N) is 1. The van der Waals surface area contributed by atoms with Crippen molar-refractivity contribution in [3.63, 3.8) is 0 Å². The summed E-state index contributed by atoms with van der Waals surface area (Å²) >= 11 is 7.13. The quantitative estimate of drug-likeness (QED) is 0.682. The fourth-order valence-corrected chi connectivity index (χ4v) is 2.79. The highest BCUT2D eigenvalue weighted by Gasteiger charge is 2.21. The van der Waals surface area contributed by atoms with Crippen LogP contribution < -0.4 is 5.32 Å². The molecule has 20 heavy (non-hydrogen) atoms. The van der Waals surface area contributed by atoms with Crippen molar-refractivity contribution in [2.75, 3.05) is 5.32 Å². The number of halogens is 1. The van der Waals surface area contributed by atoms with E-state index in [4.69, 9.17) is 11.6 Å². The first-order valence-electron chi connectivity index (χ1n) is 5.71. The average Bonchev–Trinajstić information content (AvgIpc) is 2.73. The number of carbonyl (C=O) groups is 1. The van der Waals surface area contributed by atoms with Gasteiger partial charge in [-0.25, -0.2) is 0 Å². The van der Waals surface area contributed by atoms with Crippen LogP contribution in [0, 0.1) is 24.0 Å². The number of rotatable bonds is 3. The number of carbonyl (C=O) groups excluding carboxylic acids is 1. The molecule has 1 amide bonds. The van der Waals surface area contributed by atoms with Crippen LogP contribution in [0.25, 0.3) is 0 Å². The number of nitro groups is 1. The van der Waals surface area contributed by atoms with Crippen LogP contribution in [0.1, 0.15) is 20.8 Å². The van der Waals surface area contributed by atoms with Gasteiger partial charge < -0.3 is 5.32 Å². The molecule has 0 aliphatic carbocycles. The third kappa shape index (κ3) is 2.97. The van der Waals surface area contributed by atoms with Gasteiger partial charge in [0.05, 0.1) is 15.5 Å². The molecule has 0 saturated carbocycles. The second kappa shape index (κ2) is 5.60. The van der Waals surface area contributed by atoms with Crippen LogP contribution >= 0.6 is 22.9 Å². The number of hydrogen-bond donors (Lipinski definition) is 1. The van der Waals surface area contributed by atoms with Crippen LogP contribution in [0.2, 0.25) is 5.02 Å². The molecule has 1 aromatic carbocycles. The van der Waals surface area contributed by atoms with Gasteiger partial charge in [-0.1, -0.05) is 23.2 Å². The maximum absolute atomic E-state index is 12.2. The van der Waals surface area contributed by atoms with Gasteiger partial charge in [-0.2, -0.15) is 0 Å². The maximum Gasteiger partial charge on any atom is 0.304 e. The molecule has 1 N–H and O–H groups in total. The van der Waals surface area contributed by atoms with E-state index in [0.29, 0.717) is 10.6 Å². The van der Waals surface area contributed by atoms with Gasteiger partial charge in [0, 0.05) is 10.9 Å². The van der Waals surface area contributed by atoms with E-state index in [1.807, 2.05) is 6.92 Å². The average molecular weight is 311 g/mol. The Labute approximate surface area is 124 Å². The van der Waals surface area contributed by atoms with Gasteiger partial charge in [-0.15, -0.1) is 11.3 Å². The summed E-state index contributed by atoms with van der Waals surface area (Å²) in [6, 6.07) is 6.48. The highest BCUT2D eigenvalue weighted by molar-refractivity contribution is 7.16. The molecule has 0 saturated heterocycles. The normalized spacial score (nSPS) is 10.3. The zero-order valence-electron chi connectivity index (χ0n) is 10.8. The summed E-state index contributed by atoms with van der Waals surface area (Å²) in [5.74, 6) is -0.455. The molecule has 0 bridgehead atoms. The van der Waals surface area contributed by atoms with Crippen LogP contribution in [0.5, 0.6) is 0 Å². The van der Waals surface area contributed by atoms with Gasteiger partial charge in [0.2, 0.25) is 0 Å². The summed E-state index contributed by atoms with van der Waals surface area (Å²) in [5, 5.41) is 14.0. The molecule has 0 aliphatic heterocycles. The van der Waals surface area contributed by atoms with Crippen molar-refractivity contribution in [1.29, 1.82) is 0 Å². The lowest BCUT2D eigenvalue weighted by atomic mass is 10.1. The van der Waals surface area contributed by atoms with Crippen LogP contribution in [-0.2, 0) is 0 Å². The van der Waals surface area contributed by atoms with Crippen molar-refractivity contribution in [2.24, 2.45) is 0 Å². The van der Waals surface area contributed by atoms with Crippen LogP contribution in [0.3, 0.4) is 0 Å². The molecule has 0 unspecified atom stereocenters. The van der Waals surface area contributed by atoms with E-state index in [9.17, 15) is 14.9 Å². The fraction of sp³-hybridized carbons (Fsp3) is 0.154. The molecule has 0 atom stereocenters. The summed E-state index contributed by atoms with van der Waals surface area (Å²) in [5.41, 5.74) is 1.08. The minimum atomic E-state index is -0.517. The second-order valence-corrected chi connectivity index (χ2v) is 5.93. The number of hydrogen-bond acceptors (Lipinski definition) is 4. The first kappa shape index (κ1) is 14.5. The number of benzene rings is 1. The van der Waals surface area contributed by atoms with E-state index in [1.54, 1.807) is 25.1 Å². The van der Waals surface area contributed by atoms with E-state index in [-0.39, 0.29) is 10.7 Å². The van der Waals surface area contributed by atoms with Crippen LogP contribution in [0.4, 0.5) is 10.7 Å². The highest BCUT2D eigenvalue weighted by Crippen LogP contribution is 2.34. The lowest BCUT2D eigenvalue weighted by Crippen LogP contribution is -2.12. The zero-order chi connectivity index (χ0) is 14.9. The SMILES string of the molecule is Cc1ccc(Cl)c(C(=O)Nc2sc(C)cc2[N+](=O)[O-])c1. The summed E-state index contributed by atoms with van der Waals surface area (Å²) in [6.07, 6.45) is 0. The molecule has 0 fully saturated rings. The van der Waals surface area contributed by atoms with Crippen LogP contribution in [0.15, 0.2) is 24.3 Å². The maximum atomic E-state index is 12.2. The molecule has 5 nitrogen and oxygen atoms in total. The second-order valence-electron chi connectivity index (χ2n) is 4.27. The van der Waals surface area contributed by atoms with E-state index in [1.165, 1.54) is 6.07 Å². The Morgan fingerprint density at radius 3 is 2.70 bits per heavy atom. The lowest BCUT2D eigenvalue weighted by molar-refractivity contribution is -0.383. The predicted octanol–water partition coefficient (Wildman–Crippen LogP) is 4.18. The molecule has 0 aliphatic rings. The third-order valence-electron chi connectivity index (χ3n) is 2.63. The zero-order valence-corrected chi connectivity index (χ0v) is 12.3. The summed E-state index contributed by atoms with van der Waals surface area (Å²) in [7, 11) is 0. The third-order valence-corrected chi connectivity index (χ3v) is 3.91. The van der Waals surface area contributed by atoms with Crippen molar-refractivity contribution in [2.45, 2.75) is 13.8 Å². The topological polar surface area (TPSA) is 72.2 Å². The van der Waals surface area contributed by atoms with Gasteiger partial charge >= 0.3 is 5.69 Å². The highest BCUT2D eigenvalue weighted by atomic mass is 35.5. The molecular weight excluding hydrogens is 300 g/mol. The summed E-state index contributed by atoms with van der Waals surface area (Å²) in [4.78, 5) is 23.3. The first-order valence-corrected chi connectivity index (χ1v) is 6.90. The Bertz CT molecular complexity index is 697. The molecular formula is C13H11ClN2O3S. The van der Waals surface area contributed by atoms with Crippen molar-refractivity contribution in [1.82, 2.24) is 0 Å². The predicted molar refractivity (Wildman–Crippen MR) is 79.9 cm³/mol. The van der Waals surface area contributed by atoms with E-state index in [2.05, 4.69) is 5.32 Å². The van der Waals surface area contributed by atoms with Gasteiger partial charge in [0.1, 0.15) is 0 Å². The number of amides is 1. The molecule has 2 rings (SSSR count). The van der Waals surface area contributed by atoms with Gasteiger partial charge in [-0.3, -0.25) is 14.9 Å². The molecule has 104 valence electrons. The molecule has 1 heterocycles. The minimum absolute atomic E-state index is 0.107. The van der Waals surface area contributed by atoms with Crippen LogP contribution in [-0.4, -0.2) is 10.8 Å². The fourth-order valence-electron chi connectivity index (χ4n) is 1.71. The Hall–Kier alpha value is -1.92. The Balaban J connectivity index is 2.32. The molecule has 7 heteroatoms. The summed E-state index contributed by atoms with van der Waals surface area (Å²) in [6.45, 7) is 3.58. The largest absolute Gasteiger partial charge is 0.308 e. The number of nitrogens with one attached hydrogen (secondary N) is 1. The summed E-state index contributed by atoms with van der Waals surface area (Å²) < 4.78 is 0. The molecule has 0 spiro atoms. The number of aryl methyl sites for hydroxylation is 2. The number of thiophene rings is 1. The smallest absolute Gasteiger partial charge is 0.304 e. The van der Waals surface area contributed by atoms with Gasteiger partial charge in [0.25, 0.3) is 5.91 Å². The Morgan fingerprint density at radius 2 is 2.05 bits per heavy atom. The van der Waals surface area contributed by atoms with Crippen molar-refractivity contribution in [3.05, 3.63) is 55.4 Å². The van der Waals surface area contributed by atoms with E-state index in [0.717, 1.165) is 21.8 Å². The monoisotopic (exact) mass is 310 g/mol. The Morgan fingerprint density at radius 1 is 1.35 bits per heavy atom. The van der Waals surface area contributed by atoms with Crippen molar-refractivity contribution < 1.29 is 9.72 Å². The van der Waals surface area contributed by atoms with E-state index < -0.39 is 10.8 Å². The Kier molecular flexibility index (Phi) is 4.06.